The lowest BCUT2D eigenvalue weighted by molar-refractivity contribution is -0.110. The number of carbonyl (C=O) groups excluding carboxylic acids is 1. The molecule has 1 aliphatic rings. The maximum atomic E-state index is 10.8. The van der Waals surface area contributed by atoms with Crippen LogP contribution >= 0.6 is 15.9 Å². The zero-order valence-electron chi connectivity index (χ0n) is 4.80. The van der Waals surface area contributed by atoms with Crippen LogP contribution in [0.25, 0.3) is 0 Å². The fourth-order valence-corrected chi connectivity index (χ4v) is 0.946. The number of alkyl halides is 1. The standard InChI is InChI=1S/C6H6BrNO/c7-4-6(9)5-2-1-3-8-5/h1,3H,2,4H2. The van der Waals surface area contributed by atoms with Gasteiger partial charge in [-0.05, 0) is 0 Å². The third kappa shape index (κ3) is 1.48. The number of ketones is 1. The Labute approximate surface area is 61.8 Å². The summed E-state index contributed by atoms with van der Waals surface area (Å²) >= 11 is 3.07. The lowest BCUT2D eigenvalue weighted by Crippen LogP contribution is -2.11. The van der Waals surface area contributed by atoms with Crippen LogP contribution in [0.15, 0.2) is 17.3 Å². The van der Waals surface area contributed by atoms with E-state index in [1.807, 2.05) is 6.08 Å². The minimum absolute atomic E-state index is 0.0833. The van der Waals surface area contributed by atoms with Crippen LogP contribution in [0.4, 0.5) is 0 Å². The maximum absolute atomic E-state index is 10.8. The maximum Gasteiger partial charge on any atom is 0.187 e. The van der Waals surface area contributed by atoms with E-state index in [2.05, 4.69) is 20.9 Å². The highest BCUT2D eigenvalue weighted by atomic mass is 79.9. The minimum atomic E-state index is 0.0833. The first kappa shape index (κ1) is 6.68. The smallest absolute Gasteiger partial charge is 0.187 e. The molecule has 1 rings (SSSR count). The van der Waals surface area contributed by atoms with Gasteiger partial charge in [-0.1, -0.05) is 22.0 Å². The Morgan fingerprint density at radius 1 is 1.89 bits per heavy atom. The fraction of sp³-hybridized carbons (Fsp3) is 0.333. The molecule has 0 unspecified atom stereocenters. The van der Waals surface area contributed by atoms with E-state index >= 15 is 0 Å². The van der Waals surface area contributed by atoms with Gasteiger partial charge in [-0.2, -0.15) is 0 Å². The molecule has 2 nitrogen and oxygen atoms in total. The van der Waals surface area contributed by atoms with Crippen molar-refractivity contribution in [2.45, 2.75) is 6.42 Å². The van der Waals surface area contributed by atoms with Gasteiger partial charge in [0.05, 0.1) is 11.0 Å². The molecule has 9 heavy (non-hydrogen) atoms. The van der Waals surface area contributed by atoms with Gasteiger partial charge in [-0.3, -0.25) is 9.79 Å². The largest absolute Gasteiger partial charge is 0.292 e. The third-order valence-electron chi connectivity index (χ3n) is 1.09. The highest BCUT2D eigenvalue weighted by Crippen LogP contribution is 2.01. The van der Waals surface area contributed by atoms with E-state index in [4.69, 9.17) is 0 Å². The monoisotopic (exact) mass is 187 g/mol. The molecule has 48 valence electrons. The molecule has 0 atom stereocenters. The first-order chi connectivity index (χ1) is 4.34. The summed E-state index contributed by atoms with van der Waals surface area (Å²) in [6.07, 6.45) is 4.23. The summed E-state index contributed by atoms with van der Waals surface area (Å²) in [4.78, 5) is 14.7. The minimum Gasteiger partial charge on any atom is -0.292 e. The summed E-state index contributed by atoms with van der Waals surface area (Å²) in [6, 6.07) is 0. The number of nitrogens with zero attached hydrogens (tertiary/aromatic N) is 1. The summed E-state index contributed by atoms with van der Waals surface area (Å²) in [5, 5.41) is 0.382. The molecule has 0 radical (unpaired) electrons. The van der Waals surface area contributed by atoms with Crippen molar-refractivity contribution in [2.75, 3.05) is 5.33 Å². The van der Waals surface area contributed by atoms with Crippen LogP contribution in [-0.4, -0.2) is 16.8 Å². The lowest BCUT2D eigenvalue weighted by atomic mass is 10.2. The molecule has 1 heterocycles. The highest BCUT2D eigenvalue weighted by molar-refractivity contribution is 9.09. The summed E-state index contributed by atoms with van der Waals surface area (Å²) in [5.41, 5.74) is 0.659. The van der Waals surface area contributed by atoms with Crippen LogP contribution in [0.2, 0.25) is 0 Å². The predicted molar refractivity (Wildman–Crippen MR) is 40.0 cm³/mol. The van der Waals surface area contributed by atoms with Crippen molar-refractivity contribution in [3.63, 3.8) is 0 Å². The topological polar surface area (TPSA) is 29.4 Å². The number of carbonyl (C=O) groups is 1. The Morgan fingerprint density at radius 3 is 3.11 bits per heavy atom. The van der Waals surface area contributed by atoms with Crippen molar-refractivity contribution in [3.05, 3.63) is 12.3 Å². The number of aliphatic imine (C=N–C) groups is 1. The Morgan fingerprint density at radius 2 is 2.67 bits per heavy atom. The van der Waals surface area contributed by atoms with Crippen molar-refractivity contribution < 1.29 is 4.79 Å². The normalized spacial score (nSPS) is 15.9. The van der Waals surface area contributed by atoms with Crippen LogP contribution in [0, 0.1) is 0 Å². The number of allylic oxidation sites excluding steroid dienone is 1. The molecule has 0 saturated heterocycles. The van der Waals surface area contributed by atoms with E-state index in [9.17, 15) is 4.79 Å². The fourth-order valence-electron chi connectivity index (χ4n) is 0.623. The molecule has 0 amide bonds. The Kier molecular flexibility index (Phi) is 2.16. The predicted octanol–water partition coefficient (Wildman–Crippen LogP) is 1.31. The van der Waals surface area contributed by atoms with Gasteiger partial charge in [0.25, 0.3) is 0 Å². The van der Waals surface area contributed by atoms with E-state index in [0.717, 1.165) is 0 Å². The molecule has 0 N–H and O–H groups in total. The summed E-state index contributed by atoms with van der Waals surface area (Å²) < 4.78 is 0. The first-order valence-electron chi connectivity index (χ1n) is 2.65. The average Bonchev–Trinajstić information content (AvgIpc) is 2.37. The van der Waals surface area contributed by atoms with Gasteiger partial charge >= 0.3 is 0 Å². The molecule has 0 aromatic carbocycles. The molecular weight excluding hydrogens is 182 g/mol. The van der Waals surface area contributed by atoms with Gasteiger partial charge in [0, 0.05) is 12.6 Å². The Bertz CT molecular complexity index is 183. The van der Waals surface area contributed by atoms with Crippen LogP contribution in [0.1, 0.15) is 6.42 Å². The average molecular weight is 188 g/mol. The number of rotatable bonds is 2. The second-order valence-electron chi connectivity index (χ2n) is 1.72. The number of Topliss-reactive ketones (excluding diaryl/α,β-unsaturated/α-hetero) is 1. The molecule has 0 aliphatic carbocycles. The molecule has 1 aliphatic heterocycles. The third-order valence-corrected chi connectivity index (χ3v) is 1.60. The number of hydrogen-bond donors (Lipinski definition) is 0. The summed E-state index contributed by atoms with van der Waals surface area (Å²) in [5.74, 6) is 0.0833. The van der Waals surface area contributed by atoms with Gasteiger partial charge in [-0.25, -0.2) is 0 Å². The van der Waals surface area contributed by atoms with Crippen molar-refractivity contribution in [1.82, 2.24) is 0 Å². The van der Waals surface area contributed by atoms with E-state index in [0.29, 0.717) is 17.5 Å². The van der Waals surface area contributed by atoms with Crippen LogP contribution in [-0.2, 0) is 4.79 Å². The zero-order valence-corrected chi connectivity index (χ0v) is 6.39. The van der Waals surface area contributed by atoms with Gasteiger partial charge in [0.15, 0.2) is 5.78 Å². The van der Waals surface area contributed by atoms with Gasteiger partial charge in [-0.15, -0.1) is 0 Å². The molecule has 3 heteroatoms. The van der Waals surface area contributed by atoms with E-state index in [1.165, 1.54) is 0 Å². The summed E-state index contributed by atoms with van der Waals surface area (Å²) in [7, 11) is 0. The van der Waals surface area contributed by atoms with Crippen LogP contribution < -0.4 is 0 Å². The molecule has 0 spiro atoms. The van der Waals surface area contributed by atoms with Gasteiger partial charge in [0.1, 0.15) is 0 Å². The van der Waals surface area contributed by atoms with Crippen molar-refractivity contribution in [2.24, 2.45) is 4.99 Å². The molecule has 0 fully saturated rings. The van der Waals surface area contributed by atoms with Crippen LogP contribution in [0.3, 0.4) is 0 Å². The van der Waals surface area contributed by atoms with Gasteiger partial charge < -0.3 is 0 Å². The molecule has 0 bridgehead atoms. The van der Waals surface area contributed by atoms with E-state index in [1.54, 1.807) is 6.20 Å². The second-order valence-corrected chi connectivity index (χ2v) is 2.28. The molecule has 0 aromatic heterocycles. The zero-order chi connectivity index (χ0) is 6.69. The quantitative estimate of drug-likeness (QED) is 0.600. The molecule has 0 saturated carbocycles. The Hall–Kier alpha value is -0.440. The molecule has 0 aromatic rings. The van der Waals surface area contributed by atoms with E-state index < -0.39 is 0 Å². The van der Waals surface area contributed by atoms with Crippen molar-refractivity contribution in [1.29, 1.82) is 0 Å². The van der Waals surface area contributed by atoms with E-state index in [-0.39, 0.29) is 5.78 Å². The SMILES string of the molecule is O=C(CBr)C1=NC=CC1. The lowest BCUT2D eigenvalue weighted by Gasteiger charge is -1.90. The summed E-state index contributed by atoms with van der Waals surface area (Å²) in [6.45, 7) is 0. The van der Waals surface area contributed by atoms with Gasteiger partial charge in [0.2, 0.25) is 0 Å². The highest BCUT2D eigenvalue weighted by Gasteiger charge is 2.09. The number of halogens is 1. The van der Waals surface area contributed by atoms with Crippen molar-refractivity contribution in [3.8, 4) is 0 Å². The van der Waals surface area contributed by atoms with Crippen LogP contribution in [0.5, 0.6) is 0 Å². The Balaban J connectivity index is 2.55. The molecular formula is C6H6BrNO. The first-order valence-corrected chi connectivity index (χ1v) is 3.77. The number of hydrogen-bond acceptors (Lipinski definition) is 2. The van der Waals surface area contributed by atoms with Crippen molar-refractivity contribution >= 4 is 27.4 Å². The second kappa shape index (κ2) is 2.92.